The van der Waals surface area contributed by atoms with Gasteiger partial charge in [0.25, 0.3) is 0 Å². The number of rotatable bonds is 4. The molecular formula is C17H24F3N3O3. The van der Waals surface area contributed by atoms with E-state index in [9.17, 15) is 18.0 Å². The molecule has 0 aromatic heterocycles. The fourth-order valence-corrected chi connectivity index (χ4v) is 2.96. The lowest BCUT2D eigenvalue weighted by Crippen LogP contribution is -2.38. The van der Waals surface area contributed by atoms with Gasteiger partial charge in [-0.2, -0.15) is 0 Å². The number of alkyl halides is 3. The zero-order chi connectivity index (χ0) is 19.5. The largest absolute Gasteiger partial charge is 0.573 e. The average molecular weight is 375 g/mol. The van der Waals surface area contributed by atoms with Crippen LogP contribution in [0.3, 0.4) is 0 Å². The van der Waals surface area contributed by atoms with Crippen LogP contribution in [0.4, 0.5) is 18.0 Å². The fourth-order valence-electron chi connectivity index (χ4n) is 2.96. The summed E-state index contributed by atoms with van der Waals surface area (Å²) in [6.07, 6.45) is -4.52. The van der Waals surface area contributed by atoms with Crippen molar-refractivity contribution in [3.63, 3.8) is 0 Å². The van der Waals surface area contributed by atoms with Crippen molar-refractivity contribution in [3.05, 3.63) is 29.8 Å². The first kappa shape index (κ1) is 20.3. The summed E-state index contributed by atoms with van der Waals surface area (Å²) in [4.78, 5) is 13.8. The molecule has 1 aromatic rings. The number of hydrogen-bond donors (Lipinski definition) is 2. The molecule has 2 unspecified atom stereocenters. The molecular weight excluding hydrogens is 351 g/mol. The van der Waals surface area contributed by atoms with Gasteiger partial charge < -0.3 is 14.4 Å². The SMILES string of the molecule is CC(C)(C)OC(=O)N1CCC(C(NN)c2cccc(OC(F)(F)F)c2)C1. The number of hydrazine groups is 1. The van der Waals surface area contributed by atoms with Crippen LogP contribution in [0.25, 0.3) is 0 Å². The van der Waals surface area contributed by atoms with Crippen LogP contribution in [0.15, 0.2) is 24.3 Å². The number of nitrogens with two attached hydrogens (primary N) is 1. The molecule has 3 N–H and O–H groups in total. The molecule has 0 aliphatic carbocycles. The highest BCUT2D eigenvalue weighted by atomic mass is 19.4. The van der Waals surface area contributed by atoms with Crippen molar-refractivity contribution >= 4 is 6.09 Å². The van der Waals surface area contributed by atoms with Crippen LogP contribution in [-0.2, 0) is 4.74 Å². The van der Waals surface area contributed by atoms with Crippen molar-refractivity contribution in [1.29, 1.82) is 0 Å². The highest BCUT2D eigenvalue weighted by molar-refractivity contribution is 5.68. The summed E-state index contributed by atoms with van der Waals surface area (Å²) in [7, 11) is 0. The first-order valence-corrected chi connectivity index (χ1v) is 8.28. The molecule has 1 aliphatic heterocycles. The van der Waals surface area contributed by atoms with Gasteiger partial charge in [-0.25, -0.2) is 4.79 Å². The second-order valence-electron chi connectivity index (χ2n) is 7.24. The summed E-state index contributed by atoms with van der Waals surface area (Å²) in [5, 5.41) is 0. The highest BCUT2D eigenvalue weighted by Gasteiger charge is 2.35. The Bertz CT molecular complexity index is 632. The van der Waals surface area contributed by atoms with E-state index in [4.69, 9.17) is 10.6 Å². The van der Waals surface area contributed by atoms with Crippen LogP contribution in [-0.4, -0.2) is 36.0 Å². The summed E-state index contributed by atoms with van der Waals surface area (Å²) in [5.41, 5.74) is 2.61. The molecule has 26 heavy (non-hydrogen) atoms. The number of ether oxygens (including phenoxy) is 2. The Morgan fingerprint density at radius 2 is 2.04 bits per heavy atom. The molecule has 1 aliphatic rings. The first-order chi connectivity index (χ1) is 12.0. The number of likely N-dealkylation sites (tertiary alicyclic amines) is 1. The second kappa shape index (κ2) is 7.71. The number of hydrogen-bond acceptors (Lipinski definition) is 5. The van der Waals surface area contributed by atoms with Gasteiger partial charge in [0.2, 0.25) is 0 Å². The molecule has 1 amide bonds. The minimum Gasteiger partial charge on any atom is -0.444 e. The number of carbonyl (C=O) groups is 1. The number of nitrogens with zero attached hydrogens (tertiary/aromatic N) is 1. The lowest BCUT2D eigenvalue weighted by molar-refractivity contribution is -0.274. The number of nitrogens with one attached hydrogen (secondary N) is 1. The quantitative estimate of drug-likeness (QED) is 0.623. The van der Waals surface area contributed by atoms with E-state index < -0.39 is 24.1 Å². The topological polar surface area (TPSA) is 76.8 Å². The standard InChI is InChI=1S/C17H24F3N3O3/c1-16(2,3)26-15(24)23-8-7-12(10-23)14(22-21)11-5-4-6-13(9-11)25-17(18,19)20/h4-6,9,12,14,22H,7-8,10,21H2,1-3H3. The lowest BCUT2D eigenvalue weighted by atomic mass is 9.92. The third-order valence-electron chi connectivity index (χ3n) is 3.98. The molecule has 1 heterocycles. The maximum Gasteiger partial charge on any atom is 0.573 e. The van der Waals surface area contributed by atoms with E-state index in [1.54, 1.807) is 31.7 Å². The summed E-state index contributed by atoms with van der Waals surface area (Å²) in [6, 6.07) is 5.25. The molecule has 2 atom stereocenters. The van der Waals surface area contributed by atoms with Crippen molar-refractivity contribution in [2.75, 3.05) is 13.1 Å². The minimum absolute atomic E-state index is 0.0614. The maximum absolute atomic E-state index is 12.4. The Balaban J connectivity index is 2.08. The maximum atomic E-state index is 12.4. The van der Waals surface area contributed by atoms with Crippen LogP contribution >= 0.6 is 0 Å². The van der Waals surface area contributed by atoms with E-state index in [1.807, 2.05) is 0 Å². The predicted octanol–water partition coefficient (Wildman–Crippen LogP) is 3.35. The van der Waals surface area contributed by atoms with E-state index in [0.717, 1.165) is 0 Å². The molecule has 0 spiro atoms. The van der Waals surface area contributed by atoms with Crippen LogP contribution < -0.4 is 16.0 Å². The summed E-state index contributed by atoms with van der Waals surface area (Å²) >= 11 is 0. The number of halogens is 3. The Morgan fingerprint density at radius 3 is 2.62 bits per heavy atom. The molecule has 1 saturated heterocycles. The summed E-state index contributed by atoms with van der Waals surface area (Å²) in [5.74, 6) is 5.27. The van der Waals surface area contributed by atoms with Crippen molar-refractivity contribution in [1.82, 2.24) is 10.3 Å². The van der Waals surface area contributed by atoms with Gasteiger partial charge in [-0.3, -0.25) is 11.3 Å². The van der Waals surface area contributed by atoms with Crippen LogP contribution in [0, 0.1) is 5.92 Å². The second-order valence-corrected chi connectivity index (χ2v) is 7.24. The summed E-state index contributed by atoms with van der Waals surface area (Å²) in [6.45, 7) is 6.25. The molecule has 0 radical (unpaired) electrons. The van der Waals surface area contributed by atoms with Crippen molar-refractivity contribution in [3.8, 4) is 5.75 Å². The number of amides is 1. The van der Waals surface area contributed by atoms with E-state index in [0.29, 0.717) is 25.1 Å². The zero-order valence-corrected chi connectivity index (χ0v) is 15.0. The average Bonchev–Trinajstić information content (AvgIpc) is 2.94. The van der Waals surface area contributed by atoms with E-state index in [2.05, 4.69) is 10.2 Å². The molecule has 0 saturated carbocycles. The molecule has 2 rings (SSSR count). The van der Waals surface area contributed by atoms with Gasteiger partial charge in [-0.15, -0.1) is 13.2 Å². The molecule has 9 heteroatoms. The normalized spacial score (nSPS) is 19.3. The molecule has 1 aromatic carbocycles. The molecule has 0 bridgehead atoms. The Hall–Kier alpha value is -2.00. The van der Waals surface area contributed by atoms with Gasteiger partial charge in [0.05, 0.1) is 6.04 Å². The van der Waals surface area contributed by atoms with Crippen molar-refractivity contribution in [2.45, 2.75) is 45.2 Å². The Kier molecular flexibility index (Phi) is 6.02. The van der Waals surface area contributed by atoms with Crippen LogP contribution in [0.1, 0.15) is 38.8 Å². The Morgan fingerprint density at radius 1 is 1.35 bits per heavy atom. The predicted molar refractivity (Wildman–Crippen MR) is 89.1 cm³/mol. The first-order valence-electron chi connectivity index (χ1n) is 8.28. The third kappa shape index (κ3) is 5.77. The number of benzene rings is 1. The number of carbonyl (C=O) groups excluding carboxylic acids is 1. The third-order valence-corrected chi connectivity index (χ3v) is 3.98. The van der Waals surface area contributed by atoms with Gasteiger partial charge in [-0.1, -0.05) is 12.1 Å². The van der Waals surface area contributed by atoms with E-state index in [1.165, 1.54) is 18.2 Å². The lowest BCUT2D eigenvalue weighted by Gasteiger charge is -2.26. The van der Waals surface area contributed by atoms with Gasteiger partial charge >= 0.3 is 12.5 Å². The van der Waals surface area contributed by atoms with Crippen molar-refractivity contribution < 1.29 is 27.4 Å². The highest BCUT2D eigenvalue weighted by Crippen LogP contribution is 2.33. The van der Waals surface area contributed by atoms with E-state index >= 15 is 0 Å². The van der Waals surface area contributed by atoms with Gasteiger partial charge in [0, 0.05) is 13.1 Å². The monoisotopic (exact) mass is 375 g/mol. The minimum atomic E-state index is -4.76. The fraction of sp³-hybridized carbons (Fsp3) is 0.588. The molecule has 146 valence electrons. The smallest absolute Gasteiger partial charge is 0.444 e. The molecule has 6 nitrogen and oxygen atoms in total. The van der Waals surface area contributed by atoms with Gasteiger partial charge in [0.1, 0.15) is 11.4 Å². The van der Waals surface area contributed by atoms with Gasteiger partial charge in [-0.05, 0) is 50.8 Å². The Labute approximate surface area is 150 Å². The van der Waals surface area contributed by atoms with Crippen molar-refractivity contribution in [2.24, 2.45) is 11.8 Å². The van der Waals surface area contributed by atoms with E-state index in [-0.39, 0.29) is 11.7 Å². The zero-order valence-electron chi connectivity index (χ0n) is 15.0. The van der Waals surface area contributed by atoms with Crippen LogP contribution in [0.5, 0.6) is 5.75 Å². The molecule has 1 fully saturated rings. The van der Waals surface area contributed by atoms with Gasteiger partial charge in [0.15, 0.2) is 0 Å². The summed E-state index contributed by atoms with van der Waals surface area (Å²) < 4.78 is 46.5. The van der Waals surface area contributed by atoms with Crippen LogP contribution in [0.2, 0.25) is 0 Å².